The third-order valence-corrected chi connectivity index (χ3v) is 20.2. The number of carbonyl (C=O) groups is 1. The maximum absolute atomic E-state index is 12.6. The van der Waals surface area contributed by atoms with E-state index in [2.05, 4.69) is 107 Å². The van der Waals surface area contributed by atoms with Gasteiger partial charge < -0.3 is 18.7 Å². The van der Waals surface area contributed by atoms with Crippen molar-refractivity contribution in [2.75, 3.05) is 0 Å². The van der Waals surface area contributed by atoms with Crippen LogP contribution >= 0.6 is 0 Å². The minimum absolute atomic E-state index is 0.0157. The number of esters is 1. The molecule has 7 heteroatoms. The molecule has 40 heavy (non-hydrogen) atoms. The van der Waals surface area contributed by atoms with Crippen molar-refractivity contribution in [3.05, 3.63) is 23.8 Å². The largest absolute Gasteiger partial charge is 0.462 e. The predicted octanol–water partition coefficient (Wildman–Crippen LogP) is 8.26. The van der Waals surface area contributed by atoms with E-state index in [1.165, 1.54) is 5.57 Å². The number of fused-ring (bicyclic) bond motifs is 1. The Bertz CT molecular complexity index is 957. The molecule has 1 fully saturated rings. The van der Waals surface area contributed by atoms with Crippen LogP contribution < -0.4 is 0 Å². The number of aliphatic hydroxyl groups excluding tert-OH is 1. The summed E-state index contributed by atoms with van der Waals surface area (Å²) in [5, 5.41) is 12.2. The van der Waals surface area contributed by atoms with Crippen molar-refractivity contribution in [3.8, 4) is 0 Å². The molecule has 1 heterocycles. The Morgan fingerprint density at radius 3 is 2.17 bits per heavy atom. The highest BCUT2D eigenvalue weighted by molar-refractivity contribution is 6.74. The molecule has 0 bridgehead atoms. The van der Waals surface area contributed by atoms with Crippen LogP contribution in [0.3, 0.4) is 0 Å². The molecule has 2 aliphatic carbocycles. The first-order valence-corrected chi connectivity index (χ1v) is 21.6. The van der Waals surface area contributed by atoms with Crippen LogP contribution in [0.1, 0.15) is 88.0 Å². The van der Waals surface area contributed by atoms with Gasteiger partial charge in [0.1, 0.15) is 6.10 Å². The molecule has 0 aromatic rings. The first-order chi connectivity index (χ1) is 18.1. The molecule has 0 saturated carbocycles. The zero-order valence-corrected chi connectivity index (χ0v) is 29.8. The Kier molecular flexibility index (Phi) is 10.2. The Morgan fingerprint density at radius 1 is 1.00 bits per heavy atom. The van der Waals surface area contributed by atoms with Gasteiger partial charge in [-0.15, -0.1) is 0 Å². The fourth-order valence-corrected chi connectivity index (χ4v) is 9.43. The molecule has 9 atom stereocenters. The maximum atomic E-state index is 12.6. The summed E-state index contributed by atoms with van der Waals surface area (Å²) in [6, 6.07) is 0. The van der Waals surface area contributed by atoms with Crippen molar-refractivity contribution in [2.24, 2.45) is 29.6 Å². The maximum Gasteiger partial charge on any atom is 0.308 e. The number of hydrogen-bond donors (Lipinski definition) is 1. The van der Waals surface area contributed by atoms with Gasteiger partial charge in [0.2, 0.25) is 0 Å². The molecule has 0 amide bonds. The fourth-order valence-electron chi connectivity index (χ4n) is 6.62. The van der Waals surface area contributed by atoms with Crippen molar-refractivity contribution in [3.63, 3.8) is 0 Å². The average Bonchev–Trinajstić information content (AvgIpc) is 2.76. The van der Waals surface area contributed by atoms with E-state index >= 15 is 0 Å². The smallest absolute Gasteiger partial charge is 0.308 e. The summed E-state index contributed by atoms with van der Waals surface area (Å²) in [6.45, 7) is 29.3. The molecule has 1 saturated heterocycles. The van der Waals surface area contributed by atoms with Crippen LogP contribution in [-0.4, -0.2) is 52.1 Å². The number of ether oxygens (including phenoxy) is 1. The molecule has 1 aliphatic heterocycles. The molecule has 5 nitrogen and oxygen atoms in total. The van der Waals surface area contributed by atoms with Crippen LogP contribution in [-0.2, 0) is 18.4 Å². The lowest BCUT2D eigenvalue weighted by molar-refractivity contribution is -0.160. The number of carbonyl (C=O) groups excluding carboxylic acids is 1. The lowest BCUT2D eigenvalue weighted by Gasteiger charge is -2.49. The lowest BCUT2D eigenvalue weighted by Crippen LogP contribution is -2.52. The predicted molar refractivity (Wildman–Crippen MR) is 170 cm³/mol. The molecule has 0 unspecified atom stereocenters. The topological polar surface area (TPSA) is 65.0 Å². The van der Waals surface area contributed by atoms with Crippen molar-refractivity contribution < 1.29 is 23.5 Å². The molecular formula is C33H60O5Si2. The van der Waals surface area contributed by atoms with Gasteiger partial charge in [-0.05, 0) is 79.4 Å². The van der Waals surface area contributed by atoms with Crippen LogP contribution in [0.4, 0.5) is 0 Å². The van der Waals surface area contributed by atoms with Gasteiger partial charge in [-0.2, -0.15) is 0 Å². The first kappa shape index (κ1) is 33.8. The van der Waals surface area contributed by atoms with Gasteiger partial charge in [0.05, 0.1) is 18.6 Å². The standard InChI is InChI=1S/C33H60O5Si2/c1-21-14-15-24-18-22(2)29(23(3)37-39(10,11)32(4,5)6)31(35)30(24)27(21)17-16-25-19-26(20-28(34)36-25)38-40(12,13)33(7,8)9/h14-15,18,21-23,25-27,29-31,35H,16-17,19-20H2,1-13H3/t21-,22-,23-,25+,26+,27-,29-,30-,31-/m0/s1. The summed E-state index contributed by atoms with van der Waals surface area (Å²) in [7, 11) is -3.94. The van der Waals surface area contributed by atoms with E-state index in [0.29, 0.717) is 18.3 Å². The second-order valence-electron chi connectivity index (χ2n) is 16.2. The van der Waals surface area contributed by atoms with E-state index in [1.54, 1.807) is 0 Å². The minimum Gasteiger partial charge on any atom is -0.462 e. The SMILES string of the molecule is C[C@H](O[Si](C)(C)C(C)(C)C)[C@H]1[C@H](O)[C@H]2C(=C[C@@H]1C)C=C[C@H](C)[C@@H]2CC[C@@H]1C[C@@H](O[Si](C)(C)C(C)(C)C)CC(=O)O1. The third kappa shape index (κ3) is 7.42. The number of allylic oxidation sites excluding steroid dienone is 3. The van der Waals surface area contributed by atoms with Gasteiger partial charge >= 0.3 is 5.97 Å². The van der Waals surface area contributed by atoms with E-state index < -0.39 is 22.7 Å². The molecular weight excluding hydrogens is 533 g/mol. The summed E-state index contributed by atoms with van der Waals surface area (Å²) < 4.78 is 19.3. The van der Waals surface area contributed by atoms with Gasteiger partial charge in [-0.25, -0.2) is 0 Å². The first-order valence-electron chi connectivity index (χ1n) is 15.8. The van der Waals surface area contributed by atoms with Gasteiger partial charge in [0.15, 0.2) is 16.6 Å². The fraction of sp³-hybridized carbons (Fsp3) is 0.848. The van der Waals surface area contributed by atoms with Crippen molar-refractivity contribution in [2.45, 2.75) is 149 Å². The van der Waals surface area contributed by atoms with E-state index in [0.717, 1.165) is 19.3 Å². The normalized spacial score (nSPS) is 34.6. The van der Waals surface area contributed by atoms with Crippen LogP contribution in [0.25, 0.3) is 0 Å². The molecule has 230 valence electrons. The number of hydrogen-bond acceptors (Lipinski definition) is 5. The van der Waals surface area contributed by atoms with Crippen LogP contribution in [0.5, 0.6) is 0 Å². The number of cyclic esters (lactones) is 1. The van der Waals surface area contributed by atoms with Gasteiger partial charge in [-0.3, -0.25) is 4.79 Å². The van der Waals surface area contributed by atoms with E-state index in [1.807, 2.05) is 0 Å². The monoisotopic (exact) mass is 592 g/mol. The zero-order valence-electron chi connectivity index (χ0n) is 27.8. The summed E-state index contributed by atoms with van der Waals surface area (Å²) in [6.07, 6.45) is 9.09. The third-order valence-electron chi connectivity index (χ3n) is 11.1. The van der Waals surface area contributed by atoms with Crippen LogP contribution in [0.15, 0.2) is 23.8 Å². The molecule has 0 radical (unpaired) electrons. The van der Waals surface area contributed by atoms with Gasteiger partial charge in [0, 0.05) is 24.4 Å². The van der Waals surface area contributed by atoms with E-state index in [4.69, 9.17) is 13.6 Å². The summed E-state index contributed by atoms with van der Waals surface area (Å²) >= 11 is 0. The van der Waals surface area contributed by atoms with Crippen LogP contribution in [0, 0.1) is 29.6 Å². The second kappa shape index (κ2) is 12.1. The van der Waals surface area contributed by atoms with Crippen molar-refractivity contribution in [1.82, 2.24) is 0 Å². The average molecular weight is 593 g/mol. The van der Waals surface area contributed by atoms with Gasteiger partial charge in [-0.1, -0.05) is 73.6 Å². The minimum atomic E-state index is -1.97. The molecule has 3 aliphatic rings. The Balaban J connectivity index is 1.74. The highest BCUT2D eigenvalue weighted by Crippen LogP contribution is 2.48. The second-order valence-corrected chi connectivity index (χ2v) is 25.7. The highest BCUT2D eigenvalue weighted by Gasteiger charge is 2.48. The van der Waals surface area contributed by atoms with Crippen molar-refractivity contribution >= 4 is 22.6 Å². The van der Waals surface area contributed by atoms with Crippen molar-refractivity contribution in [1.29, 1.82) is 0 Å². The molecule has 0 spiro atoms. The molecule has 1 N–H and O–H groups in total. The number of rotatable bonds is 8. The van der Waals surface area contributed by atoms with E-state index in [9.17, 15) is 9.90 Å². The quantitative estimate of drug-likeness (QED) is 0.227. The lowest BCUT2D eigenvalue weighted by atomic mass is 9.61. The Labute approximate surface area is 247 Å². The van der Waals surface area contributed by atoms with Crippen LogP contribution in [0.2, 0.25) is 36.3 Å². The zero-order chi connectivity index (χ0) is 30.4. The van der Waals surface area contributed by atoms with E-state index in [-0.39, 0.29) is 52.1 Å². The summed E-state index contributed by atoms with van der Waals surface area (Å²) in [5.74, 6) is 0.875. The Morgan fingerprint density at radius 2 is 1.60 bits per heavy atom. The molecule has 0 aromatic carbocycles. The number of aliphatic hydroxyl groups is 1. The summed E-state index contributed by atoms with van der Waals surface area (Å²) in [4.78, 5) is 12.6. The molecule has 0 aromatic heterocycles. The highest BCUT2D eigenvalue weighted by atomic mass is 28.4. The molecule has 3 rings (SSSR count). The summed E-state index contributed by atoms with van der Waals surface area (Å²) in [5.41, 5.74) is 1.26. The van der Waals surface area contributed by atoms with Gasteiger partial charge in [0.25, 0.3) is 0 Å². The Hall–Kier alpha value is -0.736.